The summed E-state index contributed by atoms with van der Waals surface area (Å²) in [6, 6.07) is 11.0. The molecule has 2 atom stereocenters. The van der Waals surface area contributed by atoms with Crippen LogP contribution in [0.5, 0.6) is 6.01 Å². The van der Waals surface area contributed by atoms with Gasteiger partial charge in [0.1, 0.15) is 6.04 Å². The van der Waals surface area contributed by atoms with E-state index in [1.165, 1.54) is 31.3 Å². The van der Waals surface area contributed by atoms with Gasteiger partial charge in [0, 0.05) is 22.8 Å². The molecular weight excluding hydrogens is 637 g/mol. The van der Waals surface area contributed by atoms with Crippen LogP contribution in [0.3, 0.4) is 0 Å². The molecule has 2 amide bonds. The molecule has 0 bridgehead atoms. The number of hydrogen-bond donors (Lipinski definition) is 6. The summed E-state index contributed by atoms with van der Waals surface area (Å²) < 4.78 is 48.1. The molecule has 18 heteroatoms. The summed E-state index contributed by atoms with van der Waals surface area (Å²) in [5.74, 6) is -2.50. The number of carbonyl (C=O) groups is 3. The standard InChI is InChI=1S/C28H30ClF3N8O6/c1-33-21(42)22(43)34-13-19(23(44)45-2)36-20(41)15-3-9-18(10-4-15)35-24-37-25(39-26(38-24)46-14-28(30,31)32)40-27(11-12-27)16-5-7-17(29)8-6-16/h3-10,19,21,33,42H,11-14H2,1-2H3,(H,34,43)(H,36,41)(H2,35,37,38,39,40)/t19-,21?/m0/s1. The number of alkyl halides is 3. The van der Waals surface area contributed by atoms with E-state index < -0.39 is 54.4 Å². The number of benzene rings is 2. The Morgan fingerprint density at radius 2 is 1.67 bits per heavy atom. The van der Waals surface area contributed by atoms with Crippen molar-refractivity contribution in [2.75, 3.05) is 37.9 Å². The predicted molar refractivity (Wildman–Crippen MR) is 158 cm³/mol. The van der Waals surface area contributed by atoms with Crippen LogP contribution in [0, 0.1) is 0 Å². The van der Waals surface area contributed by atoms with Crippen LogP contribution in [0.1, 0.15) is 28.8 Å². The number of hydrogen-bond acceptors (Lipinski definition) is 12. The minimum atomic E-state index is -4.63. The maximum atomic E-state index is 12.9. The summed E-state index contributed by atoms with van der Waals surface area (Å²) in [7, 11) is 2.46. The first-order valence-corrected chi connectivity index (χ1v) is 14.1. The second-order valence-electron chi connectivity index (χ2n) is 10.1. The number of likely N-dealkylation sites (N-methyl/N-ethyl adjacent to an activating group) is 1. The van der Waals surface area contributed by atoms with Gasteiger partial charge in [-0.1, -0.05) is 23.7 Å². The van der Waals surface area contributed by atoms with Gasteiger partial charge in [0.05, 0.1) is 12.6 Å². The minimum Gasteiger partial charge on any atom is -0.467 e. The number of rotatable bonds is 14. The van der Waals surface area contributed by atoms with Gasteiger partial charge in [-0.25, -0.2) is 4.79 Å². The number of halogens is 4. The van der Waals surface area contributed by atoms with Gasteiger partial charge in [0.25, 0.3) is 11.8 Å². The number of aromatic nitrogens is 3. The maximum Gasteiger partial charge on any atom is 0.422 e. The van der Waals surface area contributed by atoms with Gasteiger partial charge in [-0.2, -0.15) is 28.1 Å². The largest absolute Gasteiger partial charge is 0.467 e. The molecule has 0 radical (unpaired) electrons. The summed E-state index contributed by atoms with van der Waals surface area (Å²) in [6.45, 7) is -1.97. The molecule has 6 N–H and O–H groups in total. The van der Waals surface area contributed by atoms with Crippen molar-refractivity contribution in [1.29, 1.82) is 0 Å². The van der Waals surface area contributed by atoms with Crippen molar-refractivity contribution in [3.05, 3.63) is 64.7 Å². The van der Waals surface area contributed by atoms with Crippen molar-refractivity contribution in [2.45, 2.75) is 36.8 Å². The number of esters is 1. The number of nitrogens with one attached hydrogen (secondary N) is 5. The molecule has 3 aromatic rings. The smallest absolute Gasteiger partial charge is 0.422 e. The molecule has 0 spiro atoms. The van der Waals surface area contributed by atoms with Gasteiger partial charge in [0.2, 0.25) is 11.9 Å². The highest BCUT2D eigenvalue weighted by Crippen LogP contribution is 2.48. The summed E-state index contributed by atoms with van der Waals surface area (Å²) in [4.78, 5) is 49.1. The third-order valence-electron chi connectivity index (χ3n) is 6.67. The van der Waals surface area contributed by atoms with Crippen LogP contribution in [0.25, 0.3) is 0 Å². The normalized spacial score (nSPS) is 14.8. The van der Waals surface area contributed by atoms with E-state index in [9.17, 15) is 32.7 Å². The van der Waals surface area contributed by atoms with Crippen molar-refractivity contribution in [2.24, 2.45) is 0 Å². The van der Waals surface area contributed by atoms with E-state index in [1.54, 1.807) is 12.1 Å². The van der Waals surface area contributed by atoms with Crippen LogP contribution in [0.4, 0.5) is 30.8 Å². The van der Waals surface area contributed by atoms with E-state index in [0.29, 0.717) is 23.6 Å². The fraction of sp³-hybridized carbons (Fsp3) is 0.357. The van der Waals surface area contributed by atoms with Crippen molar-refractivity contribution in [3.63, 3.8) is 0 Å². The lowest BCUT2D eigenvalue weighted by atomic mass is 10.1. The molecule has 1 fully saturated rings. The quantitative estimate of drug-likeness (QED) is 0.109. The first-order chi connectivity index (χ1) is 21.8. The van der Waals surface area contributed by atoms with Crippen molar-refractivity contribution in [3.8, 4) is 6.01 Å². The van der Waals surface area contributed by atoms with Gasteiger partial charge < -0.3 is 35.8 Å². The highest BCUT2D eigenvalue weighted by Gasteiger charge is 2.45. The van der Waals surface area contributed by atoms with Gasteiger partial charge in [-0.3, -0.25) is 14.9 Å². The molecule has 246 valence electrons. The number of ether oxygens (including phenoxy) is 2. The van der Waals surface area contributed by atoms with E-state index in [0.717, 1.165) is 12.7 Å². The first-order valence-electron chi connectivity index (χ1n) is 13.7. The van der Waals surface area contributed by atoms with Crippen molar-refractivity contribution >= 4 is 47.0 Å². The van der Waals surface area contributed by atoms with Gasteiger partial charge in [-0.15, -0.1) is 0 Å². The van der Waals surface area contributed by atoms with Crippen LogP contribution in [0.2, 0.25) is 5.02 Å². The molecule has 1 unspecified atom stereocenters. The topological polar surface area (TPSA) is 189 Å². The number of nitrogens with zero attached hydrogens (tertiary/aromatic N) is 3. The zero-order valence-corrected chi connectivity index (χ0v) is 25.2. The Balaban J connectivity index is 1.48. The third kappa shape index (κ3) is 9.38. The molecule has 0 aliphatic heterocycles. The van der Waals surface area contributed by atoms with Crippen molar-refractivity contribution < 1.29 is 42.1 Å². The molecule has 1 aromatic heterocycles. The lowest BCUT2D eigenvalue weighted by molar-refractivity contribution is -0.154. The molecule has 1 saturated carbocycles. The fourth-order valence-electron chi connectivity index (χ4n) is 4.11. The number of methoxy groups -OCH3 is 1. The van der Waals surface area contributed by atoms with Crippen LogP contribution in [0.15, 0.2) is 48.5 Å². The summed E-state index contributed by atoms with van der Waals surface area (Å²) >= 11 is 6.00. The second-order valence-corrected chi connectivity index (χ2v) is 10.5. The summed E-state index contributed by atoms with van der Waals surface area (Å²) in [5, 5.41) is 23.2. The Morgan fingerprint density at radius 1 is 1.02 bits per heavy atom. The molecule has 46 heavy (non-hydrogen) atoms. The van der Waals surface area contributed by atoms with Crippen LogP contribution >= 0.6 is 11.6 Å². The molecule has 1 aliphatic carbocycles. The minimum absolute atomic E-state index is 0.0266. The predicted octanol–water partition coefficient (Wildman–Crippen LogP) is 2.24. The fourth-order valence-corrected chi connectivity index (χ4v) is 4.24. The molecular formula is C28H30ClF3N8O6. The number of aliphatic hydroxyl groups is 1. The average Bonchev–Trinajstić information content (AvgIpc) is 3.81. The molecule has 14 nitrogen and oxygen atoms in total. The molecule has 2 aromatic carbocycles. The molecule has 4 rings (SSSR count). The lowest BCUT2D eigenvalue weighted by Crippen LogP contribution is -2.52. The number of carbonyl (C=O) groups excluding carboxylic acids is 3. The monoisotopic (exact) mass is 666 g/mol. The molecule has 1 heterocycles. The summed E-state index contributed by atoms with van der Waals surface area (Å²) in [5.41, 5.74) is 0.821. The number of amides is 2. The number of anilines is 3. The lowest BCUT2D eigenvalue weighted by Gasteiger charge is -2.19. The van der Waals surface area contributed by atoms with Crippen LogP contribution < -0.4 is 31.3 Å². The highest BCUT2D eigenvalue weighted by atomic mass is 35.5. The van der Waals surface area contributed by atoms with Crippen molar-refractivity contribution in [1.82, 2.24) is 30.9 Å². The Hall–Kier alpha value is -4.74. The zero-order chi connectivity index (χ0) is 33.5. The molecule has 0 saturated heterocycles. The Labute approximate surface area is 265 Å². The van der Waals surface area contributed by atoms with E-state index in [-0.39, 0.29) is 24.0 Å². The Morgan fingerprint density at radius 3 is 2.26 bits per heavy atom. The van der Waals surface area contributed by atoms with E-state index >= 15 is 0 Å². The van der Waals surface area contributed by atoms with Gasteiger partial charge >= 0.3 is 18.2 Å². The van der Waals surface area contributed by atoms with E-state index in [4.69, 9.17) is 16.3 Å². The van der Waals surface area contributed by atoms with E-state index in [1.807, 2.05) is 12.1 Å². The highest BCUT2D eigenvalue weighted by molar-refractivity contribution is 6.30. The van der Waals surface area contributed by atoms with E-state index in [2.05, 4.69) is 46.3 Å². The van der Waals surface area contributed by atoms with Gasteiger partial charge in [-0.05, 0) is 61.9 Å². The third-order valence-corrected chi connectivity index (χ3v) is 6.93. The van der Waals surface area contributed by atoms with Gasteiger partial charge in [0.15, 0.2) is 12.8 Å². The maximum absolute atomic E-state index is 12.9. The van der Waals surface area contributed by atoms with Crippen LogP contribution in [-0.2, 0) is 19.9 Å². The van der Waals surface area contributed by atoms with Crippen LogP contribution in [-0.4, -0.2) is 83.6 Å². The SMILES string of the molecule is CNC(O)C(=O)NC[C@H](NC(=O)c1ccc(Nc2nc(NC3(c4ccc(Cl)cc4)CC3)nc(OCC(F)(F)F)n2)cc1)C(=O)OC. The Kier molecular flexibility index (Phi) is 10.8. The average molecular weight is 667 g/mol. The Bertz CT molecular complexity index is 1540. The number of aliphatic hydroxyl groups excluding tert-OH is 1. The summed E-state index contributed by atoms with van der Waals surface area (Å²) in [6.07, 6.45) is -4.72. The second kappa shape index (κ2) is 14.6. The first kappa shape index (κ1) is 34.1. The molecule has 1 aliphatic rings. The zero-order valence-electron chi connectivity index (χ0n) is 24.4.